The average Bonchev–Trinajstić information content (AvgIpc) is 2.88. The van der Waals surface area contributed by atoms with Crippen molar-refractivity contribution < 1.29 is 0 Å². The largest absolute Gasteiger partial charge is 0.360 e. The first-order chi connectivity index (χ1) is 9.87. The predicted molar refractivity (Wildman–Crippen MR) is 85.2 cm³/mol. The van der Waals surface area contributed by atoms with E-state index in [2.05, 4.69) is 59.5 Å². The van der Waals surface area contributed by atoms with E-state index >= 15 is 0 Å². The third-order valence-electron chi connectivity index (χ3n) is 5.03. The molecule has 0 aliphatic carbocycles. The van der Waals surface area contributed by atoms with E-state index in [-0.39, 0.29) is 0 Å². The van der Waals surface area contributed by atoms with Gasteiger partial charge >= 0.3 is 0 Å². The number of fused-ring (bicyclic) bond motifs is 2. The van der Waals surface area contributed by atoms with Gasteiger partial charge in [0, 0.05) is 17.7 Å². The average molecular weight is 265 g/mol. The Bertz CT molecular complexity index is 598. The van der Waals surface area contributed by atoms with Crippen molar-refractivity contribution in [2.45, 2.75) is 6.42 Å². The molecule has 2 heterocycles. The summed E-state index contributed by atoms with van der Waals surface area (Å²) >= 11 is 0. The zero-order chi connectivity index (χ0) is 13.4. The smallest absolute Gasteiger partial charge is 0.136 e. The summed E-state index contributed by atoms with van der Waals surface area (Å²) in [7, 11) is 0. The minimum Gasteiger partial charge on any atom is -0.360 e. The Hall–Kier alpha value is -1.80. The SMILES string of the molecule is c1ccc(N2CC[N+]3(CCc4ccccc43)CC2)cc1. The van der Waals surface area contributed by atoms with Crippen LogP contribution in [-0.4, -0.2) is 32.7 Å². The van der Waals surface area contributed by atoms with Crippen molar-refractivity contribution in [3.8, 4) is 0 Å². The molecule has 2 heteroatoms. The lowest BCUT2D eigenvalue weighted by molar-refractivity contribution is 0.277. The van der Waals surface area contributed by atoms with Gasteiger partial charge in [0.25, 0.3) is 0 Å². The van der Waals surface area contributed by atoms with Gasteiger partial charge in [0.1, 0.15) is 18.8 Å². The van der Waals surface area contributed by atoms with Gasteiger partial charge in [-0.15, -0.1) is 0 Å². The minimum atomic E-state index is 1.17. The summed E-state index contributed by atoms with van der Waals surface area (Å²) in [5.41, 5.74) is 4.53. The summed E-state index contributed by atoms with van der Waals surface area (Å²) in [6.45, 7) is 6.11. The first kappa shape index (κ1) is 12.0. The monoisotopic (exact) mass is 265 g/mol. The van der Waals surface area contributed by atoms with Gasteiger partial charge in [-0.3, -0.25) is 4.48 Å². The summed E-state index contributed by atoms with van der Waals surface area (Å²) in [4.78, 5) is 2.53. The second-order valence-electron chi connectivity index (χ2n) is 6.02. The van der Waals surface area contributed by atoms with Gasteiger partial charge in [0.05, 0.1) is 19.6 Å². The second kappa shape index (κ2) is 4.64. The fourth-order valence-electron chi connectivity index (χ4n) is 3.85. The van der Waals surface area contributed by atoms with Crippen LogP contribution < -0.4 is 9.38 Å². The minimum absolute atomic E-state index is 1.17. The van der Waals surface area contributed by atoms with Crippen molar-refractivity contribution >= 4 is 11.4 Å². The Labute approximate surface area is 120 Å². The Morgan fingerprint density at radius 1 is 0.750 bits per heavy atom. The molecule has 2 nitrogen and oxygen atoms in total. The fourth-order valence-corrected chi connectivity index (χ4v) is 3.85. The number of anilines is 1. The molecular weight excluding hydrogens is 244 g/mol. The molecule has 0 amide bonds. The quantitative estimate of drug-likeness (QED) is 0.716. The first-order valence-corrected chi connectivity index (χ1v) is 7.62. The van der Waals surface area contributed by atoms with E-state index in [0.29, 0.717) is 0 Å². The molecule has 4 rings (SSSR count). The molecule has 102 valence electrons. The highest BCUT2D eigenvalue weighted by molar-refractivity contribution is 5.56. The van der Waals surface area contributed by atoms with Gasteiger partial charge in [0.15, 0.2) is 0 Å². The molecule has 2 aliphatic rings. The van der Waals surface area contributed by atoms with Crippen molar-refractivity contribution in [3.63, 3.8) is 0 Å². The Morgan fingerprint density at radius 3 is 2.25 bits per heavy atom. The number of piperazine rings is 1. The van der Waals surface area contributed by atoms with E-state index in [9.17, 15) is 0 Å². The molecule has 0 aromatic heterocycles. The van der Waals surface area contributed by atoms with E-state index in [0.717, 1.165) is 0 Å². The summed E-state index contributed by atoms with van der Waals surface area (Å²) in [5, 5.41) is 0. The molecule has 2 aromatic rings. The van der Waals surface area contributed by atoms with Crippen molar-refractivity contribution in [1.29, 1.82) is 0 Å². The van der Waals surface area contributed by atoms with Gasteiger partial charge in [0.2, 0.25) is 0 Å². The molecule has 20 heavy (non-hydrogen) atoms. The second-order valence-corrected chi connectivity index (χ2v) is 6.02. The summed E-state index contributed by atoms with van der Waals surface area (Å²) < 4.78 is 1.21. The number of quaternary nitrogens is 1. The third kappa shape index (κ3) is 1.83. The highest BCUT2D eigenvalue weighted by Crippen LogP contribution is 2.36. The van der Waals surface area contributed by atoms with Crippen LogP contribution in [0.5, 0.6) is 0 Å². The molecule has 0 radical (unpaired) electrons. The number of nitrogens with zero attached hydrogens (tertiary/aromatic N) is 2. The number of benzene rings is 2. The van der Waals surface area contributed by atoms with Gasteiger partial charge in [-0.1, -0.05) is 36.4 Å². The molecule has 1 fully saturated rings. The Morgan fingerprint density at radius 2 is 1.45 bits per heavy atom. The summed E-state index contributed by atoms with van der Waals surface area (Å²) in [6, 6.07) is 19.9. The van der Waals surface area contributed by atoms with Crippen LogP contribution in [0.15, 0.2) is 54.6 Å². The zero-order valence-electron chi connectivity index (χ0n) is 11.8. The molecule has 0 atom stereocenters. The van der Waals surface area contributed by atoms with Crippen molar-refractivity contribution in [2.75, 3.05) is 37.6 Å². The maximum absolute atomic E-state index is 2.53. The molecule has 2 aromatic carbocycles. The standard InChI is InChI=1S/C18H21N2/c1-2-7-17(8-3-1)19-11-14-20(15-12-19)13-10-16-6-4-5-9-18(16)20/h1-9H,10-15H2/q+1. The lowest BCUT2D eigenvalue weighted by Crippen LogP contribution is -2.60. The Balaban J connectivity index is 1.56. The van der Waals surface area contributed by atoms with E-state index in [4.69, 9.17) is 0 Å². The molecular formula is C18H21N2+. The van der Waals surface area contributed by atoms with Gasteiger partial charge in [-0.05, 0) is 18.2 Å². The molecule has 0 N–H and O–H groups in total. The van der Waals surface area contributed by atoms with Gasteiger partial charge in [-0.25, -0.2) is 0 Å². The van der Waals surface area contributed by atoms with Crippen LogP contribution in [0.25, 0.3) is 0 Å². The van der Waals surface area contributed by atoms with Crippen molar-refractivity contribution in [3.05, 3.63) is 60.2 Å². The van der Waals surface area contributed by atoms with Crippen LogP contribution in [0.2, 0.25) is 0 Å². The van der Waals surface area contributed by atoms with Crippen LogP contribution in [0.4, 0.5) is 11.4 Å². The van der Waals surface area contributed by atoms with E-state index < -0.39 is 0 Å². The van der Waals surface area contributed by atoms with E-state index in [1.165, 1.54) is 49.3 Å². The molecule has 0 bridgehead atoms. The van der Waals surface area contributed by atoms with Gasteiger partial charge in [-0.2, -0.15) is 0 Å². The third-order valence-corrected chi connectivity index (χ3v) is 5.03. The number of hydrogen-bond donors (Lipinski definition) is 0. The fraction of sp³-hybridized carbons (Fsp3) is 0.333. The molecule has 0 saturated carbocycles. The van der Waals surface area contributed by atoms with E-state index in [1.807, 2.05) is 0 Å². The lowest BCUT2D eigenvalue weighted by atomic mass is 10.1. The van der Waals surface area contributed by atoms with Crippen LogP contribution >= 0.6 is 0 Å². The summed E-state index contributed by atoms with van der Waals surface area (Å²) in [6.07, 6.45) is 1.25. The van der Waals surface area contributed by atoms with Crippen LogP contribution in [0, 0.1) is 0 Å². The maximum atomic E-state index is 2.53. The normalized spacial score (nSPS) is 20.1. The summed E-state index contributed by atoms with van der Waals surface area (Å²) in [5.74, 6) is 0. The van der Waals surface area contributed by atoms with Crippen LogP contribution in [-0.2, 0) is 6.42 Å². The van der Waals surface area contributed by atoms with Crippen molar-refractivity contribution in [1.82, 2.24) is 4.48 Å². The number of para-hydroxylation sites is 2. The lowest BCUT2D eigenvalue weighted by Gasteiger charge is -2.43. The van der Waals surface area contributed by atoms with E-state index in [1.54, 1.807) is 11.3 Å². The molecule has 1 spiro atoms. The van der Waals surface area contributed by atoms with Crippen LogP contribution in [0.1, 0.15) is 5.56 Å². The predicted octanol–water partition coefficient (Wildman–Crippen LogP) is 3.07. The Kier molecular flexibility index (Phi) is 2.78. The highest BCUT2D eigenvalue weighted by Gasteiger charge is 2.40. The molecule has 0 unspecified atom stereocenters. The highest BCUT2D eigenvalue weighted by atomic mass is 15.4. The number of rotatable bonds is 1. The topological polar surface area (TPSA) is 3.24 Å². The maximum Gasteiger partial charge on any atom is 0.136 e. The van der Waals surface area contributed by atoms with Crippen molar-refractivity contribution in [2.24, 2.45) is 0 Å². The molecule has 1 saturated heterocycles. The molecule has 2 aliphatic heterocycles. The first-order valence-electron chi connectivity index (χ1n) is 7.62. The zero-order valence-corrected chi connectivity index (χ0v) is 11.8. The number of hydrogen-bond acceptors (Lipinski definition) is 1. The van der Waals surface area contributed by atoms with Gasteiger partial charge < -0.3 is 4.90 Å². The van der Waals surface area contributed by atoms with Crippen LogP contribution in [0.3, 0.4) is 0 Å².